The lowest BCUT2D eigenvalue weighted by Gasteiger charge is -2.29. The van der Waals surface area contributed by atoms with E-state index >= 15 is 0 Å². The molecule has 0 bridgehead atoms. The summed E-state index contributed by atoms with van der Waals surface area (Å²) in [5, 5.41) is 3.44. The van der Waals surface area contributed by atoms with Gasteiger partial charge in [-0.2, -0.15) is 0 Å². The van der Waals surface area contributed by atoms with E-state index in [4.69, 9.17) is 0 Å². The SMILES string of the molecule is CCNC(CCN(CC)C(C)CC)c1ccc(F)cn1. The summed E-state index contributed by atoms with van der Waals surface area (Å²) < 4.78 is 13.0. The van der Waals surface area contributed by atoms with Gasteiger partial charge in [-0.15, -0.1) is 0 Å². The fourth-order valence-corrected chi connectivity index (χ4v) is 2.44. The third-order valence-corrected chi connectivity index (χ3v) is 3.88. The number of hydrogen-bond acceptors (Lipinski definition) is 3. The van der Waals surface area contributed by atoms with Crippen molar-refractivity contribution >= 4 is 0 Å². The Bertz CT molecular complexity index is 366. The maximum atomic E-state index is 13.0. The van der Waals surface area contributed by atoms with Gasteiger partial charge in [-0.1, -0.05) is 20.8 Å². The fourth-order valence-electron chi connectivity index (χ4n) is 2.44. The highest BCUT2D eigenvalue weighted by atomic mass is 19.1. The average Bonchev–Trinajstić information content (AvgIpc) is 2.47. The van der Waals surface area contributed by atoms with E-state index < -0.39 is 0 Å². The van der Waals surface area contributed by atoms with E-state index in [1.807, 2.05) is 0 Å². The minimum Gasteiger partial charge on any atom is -0.309 e. The van der Waals surface area contributed by atoms with E-state index in [1.54, 1.807) is 6.07 Å². The van der Waals surface area contributed by atoms with Crippen molar-refractivity contribution in [3.8, 4) is 0 Å². The van der Waals surface area contributed by atoms with Gasteiger partial charge in [0.2, 0.25) is 0 Å². The maximum absolute atomic E-state index is 13.0. The Morgan fingerprint density at radius 3 is 2.55 bits per heavy atom. The molecule has 1 aromatic rings. The minimum atomic E-state index is -0.279. The second-order valence-corrected chi connectivity index (χ2v) is 5.19. The van der Waals surface area contributed by atoms with Crippen molar-refractivity contribution in [1.29, 1.82) is 0 Å². The molecule has 0 radical (unpaired) electrons. The molecule has 0 amide bonds. The van der Waals surface area contributed by atoms with Crippen molar-refractivity contribution in [2.24, 2.45) is 0 Å². The molecule has 1 aromatic heterocycles. The van der Waals surface area contributed by atoms with Gasteiger partial charge in [0, 0.05) is 12.6 Å². The van der Waals surface area contributed by atoms with Gasteiger partial charge in [0.1, 0.15) is 5.82 Å². The molecule has 1 heterocycles. The van der Waals surface area contributed by atoms with Crippen LogP contribution in [0.4, 0.5) is 4.39 Å². The smallest absolute Gasteiger partial charge is 0.141 e. The highest BCUT2D eigenvalue weighted by molar-refractivity contribution is 5.10. The van der Waals surface area contributed by atoms with Crippen LogP contribution in [0.2, 0.25) is 0 Å². The van der Waals surface area contributed by atoms with E-state index in [0.717, 1.165) is 38.2 Å². The molecule has 3 nitrogen and oxygen atoms in total. The van der Waals surface area contributed by atoms with Gasteiger partial charge in [0.25, 0.3) is 0 Å². The van der Waals surface area contributed by atoms with Crippen LogP contribution in [0.3, 0.4) is 0 Å². The second-order valence-electron chi connectivity index (χ2n) is 5.19. The highest BCUT2D eigenvalue weighted by Gasteiger charge is 2.16. The fraction of sp³-hybridized carbons (Fsp3) is 0.688. The molecule has 1 rings (SSSR count). The van der Waals surface area contributed by atoms with Crippen LogP contribution < -0.4 is 5.32 Å². The van der Waals surface area contributed by atoms with Crippen LogP contribution in [0.25, 0.3) is 0 Å². The zero-order chi connectivity index (χ0) is 15.0. The first kappa shape index (κ1) is 17.1. The van der Waals surface area contributed by atoms with Gasteiger partial charge in [0.15, 0.2) is 0 Å². The number of halogens is 1. The number of nitrogens with one attached hydrogen (secondary N) is 1. The average molecular weight is 281 g/mol. The molecule has 0 aromatic carbocycles. The lowest BCUT2D eigenvalue weighted by molar-refractivity contribution is 0.203. The Morgan fingerprint density at radius 2 is 2.05 bits per heavy atom. The van der Waals surface area contributed by atoms with Crippen LogP contribution in [-0.4, -0.2) is 35.6 Å². The largest absolute Gasteiger partial charge is 0.309 e. The molecule has 0 aliphatic carbocycles. The Hall–Kier alpha value is -1.00. The molecule has 4 heteroatoms. The number of hydrogen-bond donors (Lipinski definition) is 1. The first-order chi connectivity index (χ1) is 9.62. The predicted molar refractivity (Wildman–Crippen MR) is 82.2 cm³/mol. The number of rotatable bonds is 9. The maximum Gasteiger partial charge on any atom is 0.141 e. The van der Waals surface area contributed by atoms with Crippen molar-refractivity contribution in [3.63, 3.8) is 0 Å². The molecule has 1 N–H and O–H groups in total. The summed E-state index contributed by atoms with van der Waals surface area (Å²) in [5.41, 5.74) is 0.924. The highest BCUT2D eigenvalue weighted by Crippen LogP contribution is 2.16. The zero-order valence-corrected chi connectivity index (χ0v) is 13.2. The van der Waals surface area contributed by atoms with Crippen molar-refractivity contribution in [1.82, 2.24) is 15.2 Å². The number of nitrogens with zero attached hydrogens (tertiary/aromatic N) is 2. The monoisotopic (exact) mass is 281 g/mol. The van der Waals surface area contributed by atoms with Gasteiger partial charge in [-0.05, 0) is 45.0 Å². The van der Waals surface area contributed by atoms with Crippen LogP contribution in [0.15, 0.2) is 18.3 Å². The minimum absolute atomic E-state index is 0.193. The summed E-state index contributed by atoms with van der Waals surface area (Å²) in [7, 11) is 0. The molecule has 0 spiro atoms. The molecule has 0 saturated carbocycles. The van der Waals surface area contributed by atoms with Gasteiger partial charge in [-0.25, -0.2) is 4.39 Å². The lowest BCUT2D eigenvalue weighted by atomic mass is 10.1. The van der Waals surface area contributed by atoms with Crippen molar-refractivity contribution in [2.45, 2.75) is 52.6 Å². The summed E-state index contributed by atoms with van der Waals surface area (Å²) in [6, 6.07) is 4.06. The van der Waals surface area contributed by atoms with E-state index in [9.17, 15) is 4.39 Å². The summed E-state index contributed by atoms with van der Waals surface area (Å²) in [6.45, 7) is 11.7. The molecule has 20 heavy (non-hydrogen) atoms. The van der Waals surface area contributed by atoms with Crippen LogP contribution in [0.1, 0.15) is 52.3 Å². The first-order valence-electron chi connectivity index (χ1n) is 7.71. The van der Waals surface area contributed by atoms with Crippen LogP contribution in [-0.2, 0) is 0 Å². The predicted octanol–water partition coefficient (Wildman–Crippen LogP) is 3.38. The molecule has 0 aliphatic rings. The first-order valence-corrected chi connectivity index (χ1v) is 7.71. The Balaban J connectivity index is 2.65. The lowest BCUT2D eigenvalue weighted by Crippen LogP contribution is -2.35. The quantitative estimate of drug-likeness (QED) is 0.752. The molecular formula is C16H28FN3. The molecule has 0 aliphatic heterocycles. The van der Waals surface area contributed by atoms with E-state index in [-0.39, 0.29) is 11.9 Å². The van der Waals surface area contributed by atoms with Gasteiger partial charge < -0.3 is 10.2 Å². The van der Waals surface area contributed by atoms with Gasteiger partial charge in [0.05, 0.1) is 17.9 Å². The molecular weight excluding hydrogens is 253 g/mol. The summed E-state index contributed by atoms with van der Waals surface area (Å²) in [5.74, 6) is -0.279. The van der Waals surface area contributed by atoms with Crippen molar-refractivity contribution in [3.05, 3.63) is 29.8 Å². The van der Waals surface area contributed by atoms with Crippen molar-refractivity contribution < 1.29 is 4.39 Å². The molecule has 0 fully saturated rings. The topological polar surface area (TPSA) is 28.2 Å². The standard InChI is InChI=1S/C16H28FN3/c1-5-13(4)20(7-3)11-10-16(18-6-2)15-9-8-14(17)12-19-15/h8-9,12-13,16,18H,5-7,10-11H2,1-4H3. The Morgan fingerprint density at radius 1 is 1.30 bits per heavy atom. The third kappa shape index (κ3) is 5.17. The van der Waals surface area contributed by atoms with Gasteiger partial charge >= 0.3 is 0 Å². The van der Waals surface area contributed by atoms with Crippen LogP contribution in [0, 0.1) is 5.82 Å². The summed E-state index contributed by atoms with van der Waals surface area (Å²) in [6.07, 6.45) is 3.45. The van der Waals surface area contributed by atoms with Gasteiger partial charge in [-0.3, -0.25) is 4.98 Å². The van der Waals surface area contributed by atoms with Crippen LogP contribution in [0.5, 0.6) is 0 Å². The Labute approximate surface area is 122 Å². The molecule has 2 unspecified atom stereocenters. The van der Waals surface area contributed by atoms with Crippen molar-refractivity contribution in [2.75, 3.05) is 19.6 Å². The second kappa shape index (κ2) is 9.03. The normalized spacial score (nSPS) is 14.5. The third-order valence-electron chi connectivity index (χ3n) is 3.88. The Kier molecular flexibility index (Phi) is 7.70. The van der Waals surface area contributed by atoms with E-state index in [0.29, 0.717) is 6.04 Å². The molecule has 0 saturated heterocycles. The van der Waals surface area contributed by atoms with E-state index in [1.165, 1.54) is 12.3 Å². The number of aromatic nitrogens is 1. The molecule has 114 valence electrons. The summed E-state index contributed by atoms with van der Waals surface area (Å²) in [4.78, 5) is 6.69. The van der Waals surface area contributed by atoms with Crippen LogP contribution >= 0.6 is 0 Å². The zero-order valence-electron chi connectivity index (χ0n) is 13.2. The van der Waals surface area contributed by atoms with E-state index in [2.05, 4.69) is 42.9 Å². The molecule has 2 atom stereocenters. The number of pyridine rings is 1. The summed E-state index contributed by atoms with van der Waals surface area (Å²) >= 11 is 0.